The van der Waals surface area contributed by atoms with Gasteiger partial charge in [-0.15, -0.1) is 0 Å². The molecule has 120 valence electrons. The quantitative estimate of drug-likeness (QED) is 0.870. The number of hydrogen-bond donors (Lipinski definition) is 1. The van der Waals surface area contributed by atoms with E-state index < -0.39 is 0 Å². The summed E-state index contributed by atoms with van der Waals surface area (Å²) in [6.07, 6.45) is 2.49. The molecule has 1 N–H and O–H groups in total. The second-order valence-corrected chi connectivity index (χ2v) is 6.83. The number of rotatable bonds is 5. The standard InChI is InChI=1S/C19H20BrNO2/c1-23-18-4-2-3-13(9-18)7-8-21-19(22)16-10-14-5-6-17(20)12-15(14)11-16/h2-6,9,12,16H,7-8,10-11H2,1H3,(H,21,22). The molecule has 0 saturated carbocycles. The van der Waals surface area contributed by atoms with E-state index in [2.05, 4.69) is 39.4 Å². The third-order valence-electron chi connectivity index (χ3n) is 4.32. The van der Waals surface area contributed by atoms with Gasteiger partial charge in [0.05, 0.1) is 7.11 Å². The molecule has 0 spiro atoms. The zero-order valence-electron chi connectivity index (χ0n) is 13.1. The molecule has 2 aromatic carbocycles. The van der Waals surface area contributed by atoms with Crippen LogP contribution in [0.3, 0.4) is 0 Å². The molecule has 0 saturated heterocycles. The van der Waals surface area contributed by atoms with Gasteiger partial charge >= 0.3 is 0 Å². The number of halogens is 1. The first-order valence-electron chi connectivity index (χ1n) is 7.83. The van der Waals surface area contributed by atoms with E-state index in [1.54, 1.807) is 7.11 Å². The molecule has 0 aliphatic heterocycles. The average Bonchev–Trinajstić information content (AvgIpc) is 2.98. The Bertz CT molecular complexity index is 714. The van der Waals surface area contributed by atoms with Gasteiger partial charge in [-0.3, -0.25) is 4.79 Å². The lowest BCUT2D eigenvalue weighted by atomic mass is 10.1. The first-order chi connectivity index (χ1) is 11.2. The lowest BCUT2D eigenvalue weighted by Gasteiger charge is -2.11. The summed E-state index contributed by atoms with van der Waals surface area (Å²) in [4.78, 5) is 12.4. The maximum Gasteiger partial charge on any atom is 0.223 e. The minimum atomic E-state index is 0.0598. The van der Waals surface area contributed by atoms with Crippen molar-refractivity contribution in [2.45, 2.75) is 19.3 Å². The molecular formula is C19H20BrNO2. The number of amides is 1. The van der Waals surface area contributed by atoms with E-state index in [1.807, 2.05) is 24.3 Å². The molecule has 23 heavy (non-hydrogen) atoms. The summed E-state index contributed by atoms with van der Waals surface area (Å²) in [6.45, 7) is 0.655. The zero-order valence-corrected chi connectivity index (χ0v) is 14.7. The molecule has 1 amide bonds. The molecule has 1 atom stereocenters. The van der Waals surface area contributed by atoms with Gasteiger partial charge in [0.15, 0.2) is 0 Å². The molecule has 0 aromatic heterocycles. The Morgan fingerprint density at radius 3 is 2.87 bits per heavy atom. The van der Waals surface area contributed by atoms with Gasteiger partial charge in [0.25, 0.3) is 0 Å². The van der Waals surface area contributed by atoms with Crippen molar-refractivity contribution in [3.8, 4) is 5.75 Å². The van der Waals surface area contributed by atoms with Crippen LogP contribution in [0.15, 0.2) is 46.9 Å². The Kier molecular flexibility index (Phi) is 5.01. The third-order valence-corrected chi connectivity index (χ3v) is 4.81. The molecule has 0 heterocycles. The normalized spacial score (nSPS) is 16.0. The molecule has 1 aliphatic carbocycles. The Labute approximate surface area is 145 Å². The van der Waals surface area contributed by atoms with Crippen LogP contribution < -0.4 is 10.1 Å². The largest absolute Gasteiger partial charge is 0.497 e. The fraction of sp³-hybridized carbons (Fsp3) is 0.316. The number of methoxy groups -OCH3 is 1. The minimum Gasteiger partial charge on any atom is -0.497 e. The van der Waals surface area contributed by atoms with Crippen molar-refractivity contribution in [2.75, 3.05) is 13.7 Å². The first kappa shape index (κ1) is 16.1. The zero-order chi connectivity index (χ0) is 16.2. The summed E-state index contributed by atoms with van der Waals surface area (Å²) in [5, 5.41) is 3.07. The van der Waals surface area contributed by atoms with E-state index in [-0.39, 0.29) is 11.8 Å². The van der Waals surface area contributed by atoms with Crippen LogP contribution in [0, 0.1) is 5.92 Å². The van der Waals surface area contributed by atoms with Crippen LogP contribution in [-0.4, -0.2) is 19.6 Å². The van der Waals surface area contributed by atoms with Crippen molar-refractivity contribution in [3.63, 3.8) is 0 Å². The number of nitrogens with one attached hydrogen (secondary N) is 1. The molecule has 4 heteroatoms. The van der Waals surface area contributed by atoms with Crippen molar-refractivity contribution in [3.05, 3.63) is 63.6 Å². The van der Waals surface area contributed by atoms with Crippen LogP contribution in [-0.2, 0) is 24.1 Å². The van der Waals surface area contributed by atoms with E-state index in [9.17, 15) is 4.79 Å². The van der Waals surface area contributed by atoms with E-state index in [0.717, 1.165) is 29.5 Å². The van der Waals surface area contributed by atoms with Crippen molar-refractivity contribution in [1.29, 1.82) is 0 Å². The molecule has 3 rings (SSSR count). The monoisotopic (exact) mass is 373 g/mol. The summed E-state index contributed by atoms with van der Waals surface area (Å²) < 4.78 is 6.30. The third kappa shape index (κ3) is 3.94. The average molecular weight is 374 g/mol. The predicted molar refractivity (Wildman–Crippen MR) is 94.7 cm³/mol. The van der Waals surface area contributed by atoms with Gasteiger partial charge in [-0.1, -0.05) is 34.1 Å². The van der Waals surface area contributed by atoms with Crippen LogP contribution in [0.5, 0.6) is 5.75 Å². The summed E-state index contributed by atoms with van der Waals surface area (Å²) >= 11 is 3.49. The highest BCUT2D eigenvalue weighted by Gasteiger charge is 2.27. The number of benzene rings is 2. The molecule has 0 radical (unpaired) electrons. The van der Waals surface area contributed by atoms with Gasteiger partial charge < -0.3 is 10.1 Å². The topological polar surface area (TPSA) is 38.3 Å². The van der Waals surface area contributed by atoms with Gasteiger partial charge in [-0.05, 0) is 60.2 Å². The van der Waals surface area contributed by atoms with Crippen molar-refractivity contribution in [2.24, 2.45) is 5.92 Å². The molecule has 1 unspecified atom stereocenters. The van der Waals surface area contributed by atoms with Gasteiger partial charge in [0.2, 0.25) is 5.91 Å². The Hall–Kier alpha value is -1.81. The Morgan fingerprint density at radius 1 is 1.22 bits per heavy atom. The number of carbonyl (C=O) groups excluding carboxylic acids is 1. The van der Waals surface area contributed by atoms with Crippen LogP contribution in [0.4, 0.5) is 0 Å². The van der Waals surface area contributed by atoms with Crippen LogP contribution >= 0.6 is 15.9 Å². The van der Waals surface area contributed by atoms with E-state index in [1.165, 1.54) is 16.7 Å². The van der Waals surface area contributed by atoms with Gasteiger partial charge in [-0.2, -0.15) is 0 Å². The Balaban J connectivity index is 1.51. The molecule has 3 nitrogen and oxygen atoms in total. The van der Waals surface area contributed by atoms with E-state index in [4.69, 9.17) is 4.74 Å². The molecular weight excluding hydrogens is 354 g/mol. The van der Waals surface area contributed by atoms with Gasteiger partial charge in [0.1, 0.15) is 5.75 Å². The molecule has 2 aromatic rings. The van der Waals surface area contributed by atoms with Crippen molar-refractivity contribution < 1.29 is 9.53 Å². The van der Waals surface area contributed by atoms with Crippen LogP contribution in [0.1, 0.15) is 16.7 Å². The van der Waals surface area contributed by atoms with Crippen molar-refractivity contribution in [1.82, 2.24) is 5.32 Å². The second-order valence-electron chi connectivity index (χ2n) is 5.91. The number of ether oxygens (including phenoxy) is 1. The van der Waals surface area contributed by atoms with E-state index in [0.29, 0.717) is 6.54 Å². The predicted octanol–water partition coefficient (Wildman–Crippen LogP) is 3.53. The summed E-state index contributed by atoms with van der Waals surface area (Å²) in [6, 6.07) is 14.2. The molecule has 0 bridgehead atoms. The van der Waals surface area contributed by atoms with Gasteiger partial charge in [-0.25, -0.2) is 0 Å². The summed E-state index contributed by atoms with van der Waals surface area (Å²) in [5.74, 6) is 1.07. The van der Waals surface area contributed by atoms with Gasteiger partial charge in [0, 0.05) is 16.9 Å². The highest BCUT2D eigenvalue weighted by molar-refractivity contribution is 9.10. The van der Waals surface area contributed by atoms with Crippen LogP contribution in [0.25, 0.3) is 0 Å². The van der Waals surface area contributed by atoms with Crippen LogP contribution in [0.2, 0.25) is 0 Å². The maximum absolute atomic E-state index is 12.4. The summed E-state index contributed by atoms with van der Waals surface area (Å²) in [5.41, 5.74) is 3.75. The maximum atomic E-state index is 12.4. The highest BCUT2D eigenvalue weighted by atomic mass is 79.9. The fourth-order valence-corrected chi connectivity index (χ4v) is 3.48. The number of fused-ring (bicyclic) bond motifs is 1. The fourth-order valence-electron chi connectivity index (χ4n) is 3.07. The second kappa shape index (κ2) is 7.18. The summed E-state index contributed by atoms with van der Waals surface area (Å²) in [7, 11) is 1.66. The smallest absolute Gasteiger partial charge is 0.223 e. The lowest BCUT2D eigenvalue weighted by Crippen LogP contribution is -2.32. The first-order valence-corrected chi connectivity index (χ1v) is 8.63. The Morgan fingerprint density at radius 2 is 2.04 bits per heavy atom. The lowest BCUT2D eigenvalue weighted by molar-refractivity contribution is -0.124. The minimum absolute atomic E-state index is 0.0598. The molecule has 0 fully saturated rings. The van der Waals surface area contributed by atoms with Crippen molar-refractivity contribution >= 4 is 21.8 Å². The number of hydrogen-bond acceptors (Lipinski definition) is 2. The number of carbonyl (C=O) groups is 1. The van der Waals surface area contributed by atoms with E-state index >= 15 is 0 Å². The SMILES string of the molecule is COc1cccc(CCNC(=O)C2Cc3ccc(Br)cc3C2)c1. The molecule has 1 aliphatic rings. The highest BCUT2D eigenvalue weighted by Crippen LogP contribution is 2.29.